The highest BCUT2D eigenvalue weighted by molar-refractivity contribution is 7.99. The molecule has 2 aromatic rings. The van der Waals surface area contributed by atoms with Crippen LogP contribution in [0.1, 0.15) is 10.4 Å². The molecule has 2 amide bonds. The number of nitrogens with zero attached hydrogens (tertiary/aromatic N) is 2. The number of nitrogens with one attached hydrogen (secondary N) is 1. The van der Waals surface area contributed by atoms with E-state index in [0.29, 0.717) is 17.8 Å². The molecule has 1 saturated heterocycles. The Morgan fingerprint density at radius 1 is 1.17 bits per heavy atom. The van der Waals surface area contributed by atoms with Crippen LogP contribution in [0.15, 0.2) is 48.5 Å². The lowest BCUT2D eigenvalue weighted by molar-refractivity contribution is -0.117. The van der Waals surface area contributed by atoms with Crippen molar-refractivity contribution in [3.63, 3.8) is 0 Å². The molecule has 0 spiro atoms. The van der Waals surface area contributed by atoms with Crippen molar-refractivity contribution < 1.29 is 18.7 Å². The van der Waals surface area contributed by atoms with Crippen LogP contribution in [0, 0.1) is 5.82 Å². The van der Waals surface area contributed by atoms with Gasteiger partial charge in [-0.25, -0.2) is 4.39 Å². The minimum atomic E-state index is -0.407. The minimum absolute atomic E-state index is 0.00573. The highest BCUT2D eigenvalue weighted by atomic mass is 32.2. The summed E-state index contributed by atoms with van der Waals surface area (Å²) in [4.78, 5) is 28.6. The number of carbonyl (C=O) groups excluding carboxylic acids is 2. The van der Waals surface area contributed by atoms with Crippen LogP contribution < -0.4 is 10.1 Å². The molecule has 0 bridgehead atoms. The van der Waals surface area contributed by atoms with Crippen LogP contribution in [-0.4, -0.2) is 73.0 Å². The lowest BCUT2D eigenvalue weighted by atomic mass is 10.1. The zero-order valence-corrected chi connectivity index (χ0v) is 17.8. The van der Waals surface area contributed by atoms with E-state index in [4.69, 9.17) is 4.74 Å². The standard InChI is InChI=1S/C22H26FN3O3S/c1-25(9-12-29-20-8-3-2-7-19(20)23)16-21(27)24-18-6-4-5-17(15-18)22(28)26-10-13-30-14-11-26/h2-8,15H,9-14,16H2,1H3,(H,24,27). The van der Waals surface area contributed by atoms with E-state index < -0.39 is 5.82 Å². The van der Waals surface area contributed by atoms with E-state index in [2.05, 4.69) is 5.32 Å². The first-order valence-corrected chi connectivity index (χ1v) is 11.0. The van der Waals surface area contributed by atoms with Gasteiger partial charge in [0.25, 0.3) is 5.91 Å². The topological polar surface area (TPSA) is 61.9 Å². The van der Waals surface area contributed by atoms with Gasteiger partial charge >= 0.3 is 0 Å². The van der Waals surface area contributed by atoms with E-state index in [9.17, 15) is 14.0 Å². The van der Waals surface area contributed by atoms with E-state index in [0.717, 1.165) is 24.6 Å². The lowest BCUT2D eigenvalue weighted by Gasteiger charge is -2.26. The lowest BCUT2D eigenvalue weighted by Crippen LogP contribution is -2.38. The van der Waals surface area contributed by atoms with E-state index in [1.54, 1.807) is 54.4 Å². The van der Waals surface area contributed by atoms with E-state index in [1.165, 1.54) is 6.07 Å². The average molecular weight is 432 g/mol. The molecule has 3 rings (SSSR count). The number of para-hydroxylation sites is 1. The summed E-state index contributed by atoms with van der Waals surface area (Å²) in [6.07, 6.45) is 0. The normalized spacial score (nSPS) is 13.9. The Bertz CT molecular complexity index is 874. The van der Waals surface area contributed by atoms with Gasteiger partial charge in [0.15, 0.2) is 11.6 Å². The number of halogens is 1. The zero-order chi connectivity index (χ0) is 21.3. The van der Waals surface area contributed by atoms with Gasteiger partial charge in [-0.05, 0) is 37.4 Å². The molecule has 1 aliphatic rings. The Kier molecular flexibility index (Phi) is 8.10. The number of benzene rings is 2. The first kappa shape index (κ1) is 22.1. The van der Waals surface area contributed by atoms with Crippen molar-refractivity contribution >= 4 is 29.3 Å². The van der Waals surface area contributed by atoms with Gasteiger partial charge in [0, 0.05) is 42.4 Å². The molecular weight excluding hydrogens is 405 g/mol. The summed E-state index contributed by atoms with van der Waals surface area (Å²) in [5.41, 5.74) is 1.17. The Balaban J connectivity index is 1.46. The molecule has 1 heterocycles. The molecule has 6 nitrogen and oxygen atoms in total. The van der Waals surface area contributed by atoms with Crippen molar-refractivity contribution in [1.82, 2.24) is 9.80 Å². The van der Waals surface area contributed by atoms with Gasteiger partial charge in [-0.1, -0.05) is 18.2 Å². The summed E-state index contributed by atoms with van der Waals surface area (Å²) >= 11 is 1.85. The fraction of sp³-hybridized carbons (Fsp3) is 0.364. The molecule has 2 aromatic carbocycles. The first-order valence-electron chi connectivity index (χ1n) is 9.86. The van der Waals surface area contributed by atoms with Crippen LogP contribution in [0.4, 0.5) is 10.1 Å². The summed E-state index contributed by atoms with van der Waals surface area (Å²) in [5, 5.41) is 2.83. The molecule has 0 saturated carbocycles. The van der Waals surface area contributed by atoms with E-state index in [-0.39, 0.29) is 30.7 Å². The van der Waals surface area contributed by atoms with Crippen molar-refractivity contribution in [2.75, 3.05) is 56.7 Å². The largest absolute Gasteiger partial charge is 0.489 e. The van der Waals surface area contributed by atoms with Crippen molar-refractivity contribution in [3.05, 3.63) is 59.9 Å². The van der Waals surface area contributed by atoms with E-state index >= 15 is 0 Å². The van der Waals surface area contributed by atoms with E-state index in [1.807, 2.05) is 16.7 Å². The molecule has 1 N–H and O–H groups in total. The number of hydrogen-bond acceptors (Lipinski definition) is 5. The van der Waals surface area contributed by atoms with Gasteiger partial charge in [0.2, 0.25) is 5.91 Å². The summed E-state index contributed by atoms with van der Waals surface area (Å²) < 4.78 is 19.0. The Morgan fingerprint density at radius 3 is 2.70 bits per heavy atom. The molecule has 8 heteroatoms. The van der Waals surface area contributed by atoms with Crippen LogP contribution in [0.25, 0.3) is 0 Å². The maximum Gasteiger partial charge on any atom is 0.253 e. The highest BCUT2D eigenvalue weighted by Crippen LogP contribution is 2.17. The van der Waals surface area contributed by atoms with Crippen LogP contribution in [-0.2, 0) is 4.79 Å². The molecule has 0 radical (unpaired) electrons. The van der Waals surface area contributed by atoms with Gasteiger partial charge in [-0.3, -0.25) is 14.5 Å². The number of anilines is 1. The number of amides is 2. The molecule has 0 atom stereocenters. The van der Waals surface area contributed by atoms with Crippen molar-refractivity contribution in [1.29, 1.82) is 0 Å². The van der Waals surface area contributed by atoms with Gasteiger partial charge in [-0.2, -0.15) is 11.8 Å². The molecule has 30 heavy (non-hydrogen) atoms. The van der Waals surface area contributed by atoms with Crippen LogP contribution in [0.2, 0.25) is 0 Å². The van der Waals surface area contributed by atoms with Crippen LogP contribution >= 0.6 is 11.8 Å². The fourth-order valence-electron chi connectivity index (χ4n) is 3.08. The average Bonchev–Trinajstić information content (AvgIpc) is 2.75. The summed E-state index contributed by atoms with van der Waals surface area (Å²) in [6.45, 7) is 2.39. The van der Waals surface area contributed by atoms with Gasteiger partial charge < -0.3 is 15.0 Å². The van der Waals surface area contributed by atoms with Crippen molar-refractivity contribution in [3.8, 4) is 5.75 Å². The monoisotopic (exact) mass is 431 g/mol. The number of carbonyl (C=O) groups is 2. The predicted molar refractivity (Wildman–Crippen MR) is 118 cm³/mol. The Hall–Kier alpha value is -2.58. The summed E-state index contributed by atoms with van der Waals surface area (Å²) in [7, 11) is 1.79. The fourth-order valence-corrected chi connectivity index (χ4v) is 3.98. The molecule has 0 aliphatic carbocycles. The Labute approximate surface area is 180 Å². The zero-order valence-electron chi connectivity index (χ0n) is 17.0. The molecule has 0 unspecified atom stereocenters. The molecular formula is C22H26FN3O3S. The first-order chi connectivity index (χ1) is 14.5. The molecule has 0 aromatic heterocycles. The summed E-state index contributed by atoms with van der Waals surface area (Å²) in [5.74, 6) is 1.50. The second-order valence-corrected chi connectivity index (χ2v) is 8.27. The smallest absolute Gasteiger partial charge is 0.253 e. The number of likely N-dealkylation sites (N-methyl/N-ethyl adjacent to an activating group) is 1. The molecule has 160 valence electrons. The third-order valence-corrected chi connectivity index (χ3v) is 5.61. The number of ether oxygens (including phenoxy) is 1. The maximum absolute atomic E-state index is 13.5. The molecule has 1 aliphatic heterocycles. The SMILES string of the molecule is CN(CCOc1ccccc1F)CC(=O)Nc1cccc(C(=O)N2CCSCC2)c1. The Morgan fingerprint density at radius 2 is 1.93 bits per heavy atom. The van der Waals surface area contributed by atoms with Crippen LogP contribution in [0.3, 0.4) is 0 Å². The van der Waals surface area contributed by atoms with Crippen molar-refractivity contribution in [2.45, 2.75) is 0 Å². The third-order valence-electron chi connectivity index (χ3n) is 4.67. The summed E-state index contributed by atoms with van der Waals surface area (Å²) in [6, 6.07) is 13.2. The number of thioether (sulfide) groups is 1. The number of hydrogen-bond donors (Lipinski definition) is 1. The highest BCUT2D eigenvalue weighted by Gasteiger charge is 2.18. The second kappa shape index (κ2) is 11.0. The van der Waals surface area contributed by atoms with Gasteiger partial charge in [0.05, 0.1) is 6.54 Å². The number of rotatable bonds is 8. The maximum atomic E-state index is 13.5. The molecule has 1 fully saturated rings. The van der Waals surface area contributed by atoms with Crippen LogP contribution in [0.5, 0.6) is 5.75 Å². The quantitative estimate of drug-likeness (QED) is 0.696. The predicted octanol–water partition coefficient (Wildman–Crippen LogP) is 2.96. The minimum Gasteiger partial charge on any atom is -0.489 e. The second-order valence-electron chi connectivity index (χ2n) is 7.05. The van der Waals surface area contributed by atoms with Crippen molar-refractivity contribution in [2.24, 2.45) is 0 Å². The van der Waals surface area contributed by atoms with Gasteiger partial charge in [0.1, 0.15) is 6.61 Å². The third kappa shape index (κ3) is 6.47. The van der Waals surface area contributed by atoms with Gasteiger partial charge in [-0.15, -0.1) is 0 Å².